The second-order valence-corrected chi connectivity index (χ2v) is 10.7. The lowest BCUT2D eigenvalue weighted by atomic mass is 10.0. The molecule has 0 spiro atoms. The zero-order valence-corrected chi connectivity index (χ0v) is 23.0. The van der Waals surface area contributed by atoms with Crippen LogP contribution < -0.4 is 5.32 Å². The Kier molecular flexibility index (Phi) is 8.53. The molecule has 3 aromatic rings. The number of ether oxygens (including phenoxy) is 1. The SMILES string of the molecule is CC(C)(C)OC(=O)N1CCN(C(=O)c2[nH]cnc2C(=O)Nc2ccc(CC(=O)c3ccc(F)cc3Cl)cc2)CC1. The standard InChI is InChI=1S/C28H29ClFN5O5/c1-28(2,3)40-27(39)35-12-10-34(11-13-35)26(38)24-23(31-16-32-24)25(37)33-19-7-4-17(5-8-19)14-22(36)20-9-6-18(30)15-21(20)29/h4-9,15-16H,10-14H2,1-3H3,(H,31,32)(H,33,37). The number of H-pyrrole nitrogens is 1. The van der Waals surface area contributed by atoms with Crippen LogP contribution in [0.3, 0.4) is 0 Å². The van der Waals surface area contributed by atoms with Crippen LogP contribution in [0.25, 0.3) is 0 Å². The second kappa shape index (κ2) is 11.9. The van der Waals surface area contributed by atoms with E-state index in [0.29, 0.717) is 24.3 Å². The Morgan fingerprint density at radius 1 is 1.02 bits per heavy atom. The van der Waals surface area contributed by atoms with E-state index in [2.05, 4.69) is 15.3 Å². The van der Waals surface area contributed by atoms with Crippen LogP contribution >= 0.6 is 11.6 Å². The molecule has 0 radical (unpaired) electrons. The van der Waals surface area contributed by atoms with Gasteiger partial charge in [-0.15, -0.1) is 0 Å². The van der Waals surface area contributed by atoms with Crippen LogP contribution in [0.1, 0.15) is 57.7 Å². The summed E-state index contributed by atoms with van der Waals surface area (Å²) in [5, 5.41) is 2.75. The average Bonchev–Trinajstić information content (AvgIpc) is 3.39. The molecule has 2 heterocycles. The number of piperazine rings is 1. The number of benzene rings is 2. The highest BCUT2D eigenvalue weighted by Gasteiger charge is 2.30. The third-order valence-electron chi connectivity index (χ3n) is 6.09. The maximum atomic E-state index is 13.3. The monoisotopic (exact) mass is 569 g/mol. The summed E-state index contributed by atoms with van der Waals surface area (Å²) in [6, 6.07) is 10.2. The quantitative estimate of drug-likeness (QED) is 0.419. The summed E-state index contributed by atoms with van der Waals surface area (Å²) in [7, 11) is 0. The van der Waals surface area contributed by atoms with E-state index in [0.717, 1.165) is 6.07 Å². The molecule has 1 aliphatic heterocycles. The zero-order chi connectivity index (χ0) is 29.0. The minimum atomic E-state index is -0.613. The van der Waals surface area contributed by atoms with Gasteiger partial charge < -0.3 is 24.8 Å². The van der Waals surface area contributed by atoms with Crippen LogP contribution in [0, 0.1) is 5.82 Å². The van der Waals surface area contributed by atoms with Crippen LogP contribution in [0.15, 0.2) is 48.8 Å². The molecule has 0 bridgehead atoms. The Balaban J connectivity index is 1.34. The van der Waals surface area contributed by atoms with Gasteiger partial charge in [0.25, 0.3) is 11.8 Å². The molecule has 12 heteroatoms. The molecule has 0 aliphatic carbocycles. The molecule has 2 aromatic carbocycles. The number of aromatic amines is 1. The van der Waals surface area contributed by atoms with Crippen molar-refractivity contribution in [3.8, 4) is 0 Å². The maximum Gasteiger partial charge on any atom is 0.410 e. The summed E-state index contributed by atoms with van der Waals surface area (Å²) < 4.78 is 18.7. The van der Waals surface area contributed by atoms with E-state index in [1.807, 2.05) is 0 Å². The average molecular weight is 570 g/mol. The number of Topliss-reactive ketones (excluding diaryl/α,β-unsaturated/α-hetero) is 1. The third-order valence-corrected chi connectivity index (χ3v) is 6.41. The van der Waals surface area contributed by atoms with Crippen molar-refractivity contribution in [2.45, 2.75) is 32.8 Å². The number of hydrogen-bond acceptors (Lipinski definition) is 6. The van der Waals surface area contributed by atoms with Crippen LogP contribution in [0.4, 0.5) is 14.9 Å². The van der Waals surface area contributed by atoms with Gasteiger partial charge >= 0.3 is 6.09 Å². The number of anilines is 1. The number of imidazole rings is 1. The lowest BCUT2D eigenvalue weighted by molar-refractivity contribution is 0.0140. The van der Waals surface area contributed by atoms with Gasteiger partial charge in [-0.05, 0) is 56.7 Å². The summed E-state index contributed by atoms with van der Waals surface area (Å²) in [6.07, 6.45) is 0.878. The number of nitrogens with zero attached hydrogens (tertiary/aromatic N) is 3. The Bertz CT molecular complexity index is 1430. The fraction of sp³-hybridized carbons (Fsp3) is 0.321. The van der Waals surface area contributed by atoms with Gasteiger partial charge in [0.15, 0.2) is 11.5 Å². The van der Waals surface area contributed by atoms with Gasteiger partial charge in [0.1, 0.15) is 17.1 Å². The first-order valence-corrected chi connectivity index (χ1v) is 13.0. The first kappa shape index (κ1) is 28.8. The van der Waals surface area contributed by atoms with E-state index in [-0.39, 0.29) is 47.3 Å². The van der Waals surface area contributed by atoms with E-state index >= 15 is 0 Å². The highest BCUT2D eigenvalue weighted by Crippen LogP contribution is 2.21. The van der Waals surface area contributed by atoms with Crippen molar-refractivity contribution in [1.29, 1.82) is 0 Å². The van der Waals surface area contributed by atoms with E-state index in [4.69, 9.17) is 16.3 Å². The molecule has 210 valence electrons. The summed E-state index contributed by atoms with van der Waals surface area (Å²) in [4.78, 5) is 60.8. The third kappa shape index (κ3) is 7.03. The van der Waals surface area contributed by atoms with Gasteiger partial charge in [0.05, 0.1) is 11.3 Å². The molecule has 1 saturated heterocycles. The lowest BCUT2D eigenvalue weighted by Crippen LogP contribution is -2.51. The van der Waals surface area contributed by atoms with Gasteiger partial charge in [0.2, 0.25) is 0 Å². The van der Waals surface area contributed by atoms with Crippen LogP contribution in [-0.2, 0) is 11.2 Å². The van der Waals surface area contributed by atoms with Gasteiger partial charge in [-0.25, -0.2) is 14.2 Å². The normalized spacial score (nSPS) is 13.6. The van der Waals surface area contributed by atoms with Crippen molar-refractivity contribution < 1.29 is 28.3 Å². The molecule has 2 N–H and O–H groups in total. The number of halogens is 2. The molecule has 4 rings (SSSR count). The predicted octanol–water partition coefficient (Wildman–Crippen LogP) is 4.57. The summed E-state index contributed by atoms with van der Waals surface area (Å²) >= 11 is 5.98. The minimum absolute atomic E-state index is 0.0405. The summed E-state index contributed by atoms with van der Waals surface area (Å²) in [6.45, 7) is 6.53. The summed E-state index contributed by atoms with van der Waals surface area (Å²) in [5.74, 6) is -1.78. The number of nitrogens with one attached hydrogen (secondary N) is 2. The second-order valence-electron chi connectivity index (χ2n) is 10.3. The number of amides is 3. The number of hydrogen-bond donors (Lipinski definition) is 2. The lowest BCUT2D eigenvalue weighted by Gasteiger charge is -2.35. The van der Waals surface area contributed by atoms with E-state index in [1.165, 1.54) is 18.5 Å². The Hall–Kier alpha value is -4.25. The number of ketones is 1. The van der Waals surface area contributed by atoms with Gasteiger partial charge in [-0.1, -0.05) is 23.7 Å². The maximum absolute atomic E-state index is 13.3. The molecule has 1 aliphatic rings. The topological polar surface area (TPSA) is 125 Å². The predicted molar refractivity (Wildman–Crippen MR) is 146 cm³/mol. The van der Waals surface area contributed by atoms with Crippen LogP contribution in [-0.4, -0.2) is 75.2 Å². The number of carbonyl (C=O) groups excluding carboxylic acids is 4. The number of rotatable bonds is 6. The van der Waals surface area contributed by atoms with Gasteiger partial charge in [-0.3, -0.25) is 14.4 Å². The highest BCUT2D eigenvalue weighted by atomic mass is 35.5. The van der Waals surface area contributed by atoms with Gasteiger partial charge in [-0.2, -0.15) is 0 Å². The van der Waals surface area contributed by atoms with E-state index < -0.39 is 29.3 Å². The molecule has 1 fully saturated rings. The smallest absolute Gasteiger partial charge is 0.410 e. The molecular formula is C28H29ClFN5O5. The first-order chi connectivity index (χ1) is 18.9. The fourth-order valence-electron chi connectivity index (χ4n) is 4.10. The molecular weight excluding hydrogens is 541 g/mol. The highest BCUT2D eigenvalue weighted by molar-refractivity contribution is 6.34. The van der Waals surface area contributed by atoms with Crippen LogP contribution in [0.2, 0.25) is 5.02 Å². The van der Waals surface area contributed by atoms with Crippen molar-refractivity contribution >= 4 is 41.0 Å². The molecule has 0 unspecified atom stereocenters. The van der Waals surface area contributed by atoms with E-state index in [1.54, 1.807) is 54.8 Å². The van der Waals surface area contributed by atoms with Crippen molar-refractivity contribution in [1.82, 2.24) is 19.8 Å². The van der Waals surface area contributed by atoms with Crippen molar-refractivity contribution in [2.75, 3.05) is 31.5 Å². The molecule has 40 heavy (non-hydrogen) atoms. The largest absolute Gasteiger partial charge is 0.444 e. The fourth-order valence-corrected chi connectivity index (χ4v) is 4.37. The van der Waals surface area contributed by atoms with Gasteiger partial charge in [0, 0.05) is 43.9 Å². The van der Waals surface area contributed by atoms with Crippen LogP contribution in [0.5, 0.6) is 0 Å². The molecule has 0 atom stereocenters. The molecule has 1 aromatic heterocycles. The molecule has 10 nitrogen and oxygen atoms in total. The minimum Gasteiger partial charge on any atom is -0.444 e. The van der Waals surface area contributed by atoms with Crippen molar-refractivity contribution in [2.24, 2.45) is 0 Å². The molecule has 0 saturated carbocycles. The Morgan fingerprint density at radius 3 is 2.30 bits per heavy atom. The summed E-state index contributed by atoms with van der Waals surface area (Å²) in [5.41, 5.74) is 0.699. The van der Waals surface area contributed by atoms with Crippen molar-refractivity contribution in [3.05, 3.63) is 82.1 Å². The zero-order valence-electron chi connectivity index (χ0n) is 22.3. The number of aromatic nitrogens is 2. The Labute approximate surface area is 235 Å². The first-order valence-electron chi connectivity index (χ1n) is 12.6. The van der Waals surface area contributed by atoms with Crippen molar-refractivity contribution in [3.63, 3.8) is 0 Å². The molecule has 3 amide bonds. The Morgan fingerprint density at radius 2 is 1.68 bits per heavy atom. The number of carbonyl (C=O) groups is 4. The van der Waals surface area contributed by atoms with E-state index in [9.17, 15) is 23.6 Å².